The number of nitrogens with one attached hydrogen (secondary N) is 1. The minimum Gasteiger partial charge on any atom is -0.490 e. The highest BCUT2D eigenvalue weighted by molar-refractivity contribution is 5.90. The van der Waals surface area contributed by atoms with Crippen molar-refractivity contribution in [3.05, 3.63) is 41.5 Å². The Morgan fingerprint density at radius 2 is 1.81 bits per heavy atom. The van der Waals surface area contributed by atoms with E-state index in [-0.39, 0.29) is 12.0 Å². The molecule has 31 heavy (non-hydrogen) atoms. The maximum atomic E-state index is 11.4. The minimum atomic E-state index is -0.740. The lowest BCUT2D eigenvalue weighted by molar-refractivity contribution is -0.141. The van der Waals surface area contributed by atoms with Crippen molar-refractivity contribution < 1.29 is 14.6 Å². The van der Waals surface area contributed by atoms with Crippen LogP contribution in [0.3, 0.4) is 0 Å². The molecular formula is C27H39NO3. The highest BCUT2D eigenvalue weighted by Gasteiger charge is 2.31. The number of rotatable bonds is 8. The van der Waals surface area contributed by atoms with E-state index in [9.17, 15) is 9.90 Å². The molecule has 0 aliphatic heterocycles. The fraction of sp³-hybridized carbons (Fsp3) is 0.593. The van der Waals surface area contributed by atoms with Crippen LogP contribution in [0.25, 0.3) is 10.8 Å². The number of aliphatic carboxylic acids is 1. The zero-order valence-electron chi connectivity index (χ0n) is 19.8. The molecule has 2 aromatic rings. The lowest BCUT2D eigenvalue weighted by atomic mass is 9.72. The summed E-state index contributed by atoms with van der Waals surface area (Å²) in [5, 5.41) is 15.2. The molecule has 2 aromatic carbocycles. The maximum Gasteiger partial charge on any atom is 0.307 e. The third-order valence-corrected chi connectivity index (χ3v) is 7.05. The summed E-state index contributed by atoms with van der Waals surface area (Å²) in [7, 11) is 0. The summed E-state index contributed by atoms with van der Waals surface area (Å²) in [4.78, 5) is 11.4. The van der Waals surface area contributed by atoms with E-state index in [4.69, 9.17) is 4.74 Å². The molecule has 4 nitrogen and oxygen atoms in total. The molecule has 1 atom stereocenters. The van der Waals surface area contributed by atoms with Gasteiger partial charge >= 0.3 is 5.97 Å². The number of hydrogen-bond donors (Lipinski definition) is 2. The van der Waals surface area contributed by atoms with Crippen LogP contribution in [-0.2, 0) is 11.3 Å². The molecule has 0 amide bonds. The van der Waals surface area contributed by atoms with Gasteiger partial charge in [-0.15, -0.1) is 0 Å². The monoisotopic (exact) mass is 425 g/mol. The molecule has 0 radical (unpaired) electrons. The molecule has 1 fully saturated rings. The van der Waals surface area contributed by atoms with Crippen molar-refractivity contribution in [1.29, 1.82) is 0 Å². The van der Waals surface area contributed by atoms with Gasteiger partial charge in [0, 0.05) is 18.7 Å². The summed E-state index contributed by atoms with van der Waals surface area (Å²) in [5.74, 6) is 0.602. The van der Waals surface area contributed by atoms with Crippen LogP contribution < -0.4 is 10.1 Å². The van der Waals surface area contributed by atoms with E-state index in [0.29, 0.717) is 24.9 Å². The van der Waals surface area contributed by atoms with Crippen LogP contribution >= 0.6 is 0 Å². The summed E-state index contributed by atoms with van der Waals surface area (Å²) < 4.78 is 6.61. The molecule has 1 saturated carbocycles. The predicted octanol–water partition coefficient (Wildman–Crippen LogP) is 6.33. The predicted molar refractivity (Wildman–Crippen MR) is 128 cm³/mol. The molecular weight excluding hydrogens is 386 g/mol. The Balaban J connectivity index is 1.80. The standard InChI is InChI=1S/C27H39NO3/c1-6-19(26(29)30)16-28-17-24-23-10-8-7-9-22(23)18(2)15-25(24)31-21-13-11-20(12-14-21)27(3,4)5/h7-10,15,19-21,28H,6,11-14,16-17H2,1-5H3,(H,29,30). The summed E-state index contributed by atoms with van der Waals surface area (Å²) in [6.45, 7) is 12.2. The highest BCUT2D eigenvalue weighted by Crippen LogP contribution is 2.40. The number of fused-ring (bicyclic) bond motifs is 1. The van der Waals surface area contributed by atoms with E-state index >= 15 is 0 Å². The molecule has 0 heterocycles. The third-order valence-electron chi connectivity index (χ3n) is 7.05. The number of carboxylic acid groups (broad SMARTS) is 1. The minimum absolute atomic E-state index is 0.250. The van der Waals surface area contributed by atoms with Crippen molar-refractivity contribution in [1.82, 2.24) is 5.32 Å². The van der Waals surface area contributed by atoms with E-state index in [2.05, 4.69) is 63.3 Å². The lowest BCUT2D eigenvalue weighted by Crippen LogP contribution is -2.31. The zero-order chi connectivity index (χ0) is 22.6. The van der Waals surface area contributed by atoms with E-state index in [1.54, 1.807) is 0 Å². The second-order valence-corrected chi connectivity index (χ2v) is 10.2. The van der Waals surface area contributed by atoms with Crippen molar-refractivity contribution in [2.24, 2.45) is 17.3 Å². The van der Waals surface area contributed by atoms with Gasteiger partial charge in [0.15, 0.2) is 0 Å². The molecule has 170 valence electrons. The quantitative estimate of drug-likeness (QED) is 0.519. The SMILES string of the molecule is CCC(CNCc1c(OC2CCC(C(C)(C)C)CC2)cc(C)c2ccccc12)C(=O)O. The van der Waals surface area contributed by atoms with E-state index < -0.39 is 5.97 Å². The van der Waals surface area contributed by atoms with Crippen molar-refractivity contribution in [3.8, 4) is 5.75 Å². The molecule has 0 saturated heterocycles. The molecule has 0 aromatic heterocycles. The van der Waals surface area contributed by atoms with Crippen molar-refractivity contribution in [3.63, 3.8) is 0 Å². The third kappa shape index (κ3) is 5.79. The highest BCUT2D eigenvalue weighted by atomic mass is 16.5. The summed E-state index contributed by atoms with van der Waals surface area (Å²) in [5.41, 5.74) is 2.72. The number of carboxylic acids is 1. The molecule has 1 unspecified atom stereocenters. The topological polar surface area (TPSA) is 58.6 Å². The van der Waals surface area contributed by atoms with Gasteiger partial charge in [-0.3, -0.25) is 4.79 Å². The number of benzene rings is 2. The Hall–Kier alpha value is -2.07. The molecule has 0 spiro atoms. The Morgan fingerprint density at radius 3 is 2.39 bits per heavy atom. The van der Waals surface area contributed by atoms with Gasteiger partial charge in [-0.25, -0.2) is 0 Å². The first-order valence-corrected chi connectivity index (χ1v) is 11.8. The fourth-order valence-electron chi connectivity index (χ4n) is 4.88. The number of hydrogen-bond acceptors (Lipinski definition) is 3. The summed E-state index contributed by atoms with van der Waals surface area (Å²) in [6.07, 6.45) is 5.49. The van der Waals surface area contributed by atoms with Gasteiger partial charge in [0.05, 0.1) is 12.0 Å². The first-order valence-electron chi connectivity index (χ1n) is 11.8. The van der Waals surface area contributed by atoms with Crippen LogP contribution in [0, 0.1) is 24.2 Å². The Labute approximate surface area is 187 Å². The number of carbonyl (C=O) groups is 1. The molecule has 1 aliphatic rings. The van der Waals surface area contributed by atoms with Crippen molar-refractivity contribution >= 4 is 16.7 Å². The van der Waals surface area contributed by atoms with Gasteiger partial charge in [0.25, 0.3) is 0 Å². The second-order valence-electron chi connectivity index (χ2n) is 10.2. The van der Waals surface area contributed by atoms with Crippen LogP contribution in [0.1, 0.15) is 70.9 Å². The number of aryl methyl sites for hydroxylation is 1. The van der Waals surface area contributed by atoms with Crippen LogP contribution in [0.2, 0.25) is 0 Å². The normalized spacial score (nSPS) is 20.5. The van der Waals surface area contributed by atoms with Crippen LogP contribution in [0.15, 0.2) is 30.3 Å². The van der Waals surface area contributed by atoms with E-state index in [0.717, 1.165) is 30.1 Å². The van der Waals surface area contributed by atoms with Crippen molar-refractivity contribution in [2.75, 3.05) is 6.54 Å². The van der Waals surface area contributed by atoms with Gasteiger partial charge in [-0.2, -0.15) is 0 Å². The van der Waals surface area contributed by atoms with E-state index in [1.807, 2.05) is 6.92 Å². The van der Waals surface area contributed by atoms with Crippen molar-refractivity contribution in [2.45, 2.75) is 79.4 Å². The van der Waals surface area contributed by atoms with Gasteiger partial charge in [0.1, 0.15) is 5.75 Å². The average Bonchev–Trinajstić information content (AvgIpc) is 2.72. The first-order chi connectivity index (χ1) is 14.7. The van der Waals surface area contributed by atoms with Gasteiger partial charge in [-0.05, 0) is 72.8 Å². The van der Waals surface area contributed by atoms with E-state index in [1.165, 1.54) is 29.2 Å². The van der Waals surface area contributed by atoms with Gasteiger partial charge < -0.3 is 15.2 Å². The van der Waals surface area contributed by atoms with Gasteiger partial charge in [-0.1, -0.05) is 52.0 Å². The Morgan fingerprint density at radius 1 is 1.16 bits per heavy atom. The lowest BCUT2D eigenvalue weighted by Gasteiger charge is -2.37. The van der Waals surface area contributed by atoms with Crippen LogP contribution in [0.5, 0.6) is 5.75 Å². The first kappa shape index (κ1) is 23.6. The molecule has 2 N–H and O–H groups in total. The molecule has 1 aliphatic carbocycles. The average molecular weight is 426 g/mol. The largest absolute Gasteiger partial charge is 0.490 e. The summed E-state index contributed by atoms with van der Waals surface area (Å²) in [6, 6.07) is 10.6. The Kier molecular flexibility index (Phi) is 7.64. The fourth-order valence-corrected chi connectivity index (χ4v) is 4.88. The Bertz CT molecular complexity index is 891. The van der Waals surface area contributed by atoms with Gasteiger partial charge in [0.2, 0.25) is 0 Å². The molecule has 4 heteroatoms. The molecule has 3 rings (SSSR count). The van der Waals surface area contributed by atoms with Crippen LogP contribution in [0.4, 0.5) is 0 Å². The van der Waals surface area contributed by atoms with Crippen LogP contribution in [-0.4, -0.2) is 23.7 Å². The maximum absolute atomic E-state index is 11.4. The smallest absolute Gasteiger partial charge is 0.307 e. The zero-order valence-corrected chi connectivity index (χ0v) is 19.8. The number of ether oxygens (including phenoxy) is 1. The second kappa shape index (κ2) is 10.0. The molecule has 0 bridgehead atoms. The summed E-state index contributed by atoms with van der Waals surface area (Å²) >= 11 is 0.